The number of nitrogens with zero attached hydrogens (tertiary/aromatic N) is 3. The molecule has 0 saturated heterocycles. The van der Waals surface area contributed by atoms with Crippen molar-refractivity contribution in [1.29, 1.82) is 0 Å². The second-order valence-electron chi connectivity index (χ2n) is 9.95. The number of thioether (sulfide) groups is 1. The van der Waals surface area contributed by atoms with Gasteiger partial charge in [-0.05, 0) is 53.5 Å². The Morgan fingerprint density at radius 3 is 2.57 bits per heavy atom. The number of anilines is 1. The predicted octanol–water partition coefficient (Wildman–Crippen LogP) is 8.89. The van der Waals surface area contributed by atoms with Crippen LogP contribution in [0.5, 0.6) is 5.75 Å². The van der Waals surface area contributed by atoms with Crippen molar-refractivity contribution in [2.75, 3.05) is 11.5 Å². The summed E-state index contributed by atoms with van der Waals surface area (Å²) in [5.74, 6) is -0.626. The van der Waals surface area contributed by atoms with E-state index in [0.29, 0.717) is 38.1 Å². The predicted molar refractivity (Wildman–Crippen MR) is 178 cm³/mol. The Morgan fingerprint density at radius 2 is 1.84 bits per heavy atom. The lowest BCUT2D eigenvalue weighted by Crippen LogP contribution is -2.30. The number of aliphatic hydroxyl groups is 1. The number of rotatable bonds is 13. The van der Waals surface area contributed by atoms with E-state index in [-0.39, 0.29) is 10.7 Å². The van der Waals surface area contributed by atoms with Crippen LogP contribution in [0.15, 0.2) is 94.5 Å². The molecular weight excluding hydrogens is 637 g/mol. The van der Waals surface area contributed by atoms with Crippen LogP contribution in [0.1, 0.15) is 48.9 Å². The van der Waals surface area contributed by atoms with Crippen LogP contribution in [0.4, 0.5) is 5.13 Å². The molecule has 0 radical (unpaired) electrons. The summed E-state index contributed by atoms with van der Waals surface area (Å²) in [6, 6.07) is 20.9. The van der Waals surface area contributed by atoms with Gasteiger partial charge in [0.2, 0.25) is 5.13 Å². The number of ether oxygens (including phenoxy) is 1. The average molecular weight is 667 g/mol. The van der Waals surface area contributed by atoms with Gasteiger partial charge in [-0.15, -0.1) is 10.2 Å². The van der Waals surface area contributed by atoms with Crippen LogP contribution in [-0.4, -0.2) is 33.6 Å². The van der Waals surface area contributed by atoms with E-state index in [4.69, 9.17) is 27.9 Å². The first-order chi connectivity index (χ1) is 21.4. The van der Waals surface area contributed by atoms with E-state index in [1.54, 1.807) is 42.5 Å². The van der Waals surface area contributed by atoms with Crippen LogP contribution in [0, 0.1) is 0 Å². The van der Waals surface area contributed by atoms with Crippen molar-refractivity contribution in [3.8, 4) is 5.75 Å². The Bertz CT molecular complexity index is 1690. The number of hydrogen-bond donors (Lipinski definition) is 1. The van der Waals surface area contributed by atoms with Crippen molar-refractivity contribution in [2.24, 2.45) is 0 Å². The molecule has 1 aliphatic heterocycles. The minimum absolute atomic E-state index is 0.0313. The largest absolute Gasteiger partial charge is 0.503 e. The van der Waals surface area contributed by atoms with Gasteiger partial charge in [0.1, 0.15) is 5.75 Å². The van der Waals surface area contributed by atoms with Crippen LogP contribution >= 0.6 is 46.3 Å². The SMILES string of the molecule is CCCCCOc1ccc(C2C(C(=O)/C=C/c3ccccc3)=C(O)C(=O)N2c2nnc(SCc3ccc(Cl)cc3Cl)s2)cc1. The molecule has 0 spiro atoms. The normalized spacial score (nSPS) is 15.0. The molecule has 5 rings (SSSR count). The highest BCUT2D eigenvalue weighted by atomic mass is 35.5. The van der Waals surface area contributed by atoms with Gasteiger partial charge in [-0.1, -0.05) is 121 Å². The molecule has 1 atom stereocenters. The van der Waals surface area contributed by atoms with Crippen molar-refractivity contribution in [1.82, 2.24) is 10.2 Å². The lowest BCUT2D eigenvalue weighted by molar-refractivity contribution is -0.117. The third-order valence-electron chi connectivity index (χ3n) is 6.88. The van der Waals surface area contributed by atoms with Crippen LogP contribution < -0.4 is 9.64 Å². The zero-order chi connectivity index (χ0) is 31.1. The van der Waals surface area contributed by atoms with Crippen molar-refractivity contribution in [2.45, 2.75) is 42.3 Å². The topological polar surface area (TPSA) is 92.6 Å². The summed E-state index contributed by atoms with van der Waals surface area (Å²) in [6.07, 6.45) is 6.15. The first-order valence-electron chi connectivity index (χ1n) is 14.0. The zero-order valence-electron chi connectivity index (χ0n) is 23.8. The van der Waals surface area contributed by atoms with E-state index < -0.39 is 23.5 Å². The third-order valence-corrected chi connectivity index (χ3v) is 9.57. The van der Waals surface area contributed by atoms with E-state index in [1.165, 1.54) is 34.1 Å². The van der Waals surface area contributed by atoms with Gasteiger partial charge >= 0.3 is 0 Å². The Morgan fingerprint density at radius 1 is 1.07 bits per heavy atom. The molecule has 1 amide bonds. The number of aliphatic hydroxyl groups excluding tert-OH is 1. The number of carbonyl (C=O) groups excluding carboxylic acids is 2. The molecule has 0 fully saturated rings. The van der Waals surface area contributed by atoms with Gasteiger partial charge in [0, 0.05) is 15.8 Å². The van der Waals surface area contributed by atoms with E-state index in [9.17, 15) is 14.7 Å². The summed E-state index contributed by atoms with van der Waals surface area (Å²) in [6.45, 7) is 2.73. The molecule has 226 valence electrons. The molecule has 3 aromatic carbocycles. The fourth-order valence-electron chi connectivity index (χ4n) is 4.62. The zero-order valence-corrected chi connectivity index (χ0v) is 26.9. The molecule has 1 N–H and O–H groups in total. The third kappa shape index (κ3) is 7.53. The number of aromatic nitrogens is 2. The quantitative estimate of drug-likeness (QED) is 0.0660. The Hall–Kier alpha value is -3.63. The van der Waals surface area contributed by atoms with E-state index in [1.807, 2.05) is 36.4 Å². The number of halogens is 2. The summed E-state index contributed by atoms with van der Waals surface area (Å²) < 4.78 is 6.46. The van der Waals surface area contributed by atoms with E-state index in [0.717, 1.165) is 30.4 Å². The van der Waals surface area contributed by atoms with Crippen LogP contribution in [0.3, 0.4) is 0 Å². The number of allylic oxidation sites excluding steroid dienone is 1. The second kappa shape index (κ2) is 14.9. The molecule has 1 aliphatic rings. The number of unbranched alkanes of at least 4 members (excludes halogenated alkanes) is 2. The summed E-state index contributed by atoms with van der Waals surface area (Å²) >= 11 is 14.9. The maximum Gasteiger partial charge on any atom is 0.296 e. The fourth-order valence-corrected chi connectivity index (χ4v) is 7.05. The van der Waals surface area contributed by atoms with Crippen LogP contribution in [-0.2, 0) is 15.3 Å². The molecule has 11 heteroatoms. The van der Waals surface area contributed by atoms with Gasteiger partial charge < -0.3 is 9.84 Å². The summed E-state index contributed by atoms with van der Waals surface area (Å²) in [4.78, 5) is 28.4. The van der Waals surface area contributed by atoms with Gasteiger partial charge in [0.15, 0.2) is 15.9 Å². The van der Waals surface area contributed by atoms with Crippen molar-refractivity contribution in [3.63, 3.8) is 0 Å². The Balaban J connectivity index is 1.43. The standard InChI is InChI=1S/C33H29Cl2N3O4S2/c1-2-3-7-18-42-25-15-12-22(13-16-25)29-28(27(39)17-10-21-8-5-4-6-9-21)30(40)31(41)38(29)32-36-37-33(44-32)43-20-23-11-14-24(34)19-26(23)35/h4-6,8-17,19,29,40H,2-3,7,18,20H2,1H3/b17-10+. The average Bonchev–Trinajstić information content (AvgIpc) is 3.60. The molecule has 1 unspecified atom stereocenters. The van der Waals surface area contributed by atoms with Crippen molar-refractivity contribution >= 4 is 69.2 Å². The van der Waals surface area contributed by atoms with Crippen LogP contribution in [0.2, 0.25) is 10.0 Å². The van der Waals surface area contributed by atoms with E-state index >= 15 is 0 Å². The second-order valence-corrected chi connectivity index (χ2v) is 13.0. The number of carbonyl (C=O) groups is 2. The molecule has 0 saturated carbocycles. The Labute approximate surface area is 274 Å². The molecular formula is C33H29Cl2N3O4S2. The van der Waals surface area contributed by atoms with Crippen molar-refractivity contribution < 1.29 is 19.4 Å². The number of hydrogen-bond acceptors (Lipinski definition) is 8. The number of ketones is 1. The summed E-state index contributed by atoms with van der Waals surface area (Å²) in [7, 11) is 0. The minimum atomic E-state index is -0.916. The highest BCUT2D eigenvalue weighted by Crippen LogP contribution is 2.44. The first kappa shape index (κ1) is 31.8. The van der Waals surface area contributed by atoms with Crippen molar-refractivity contribution in [3.05, 3.63) is 117 Å². The van der Waals surface area contributed by atoms with Crippen LogP contribution in [0.25, 0.3) is 6.08 Å². The molecule has 1 aromatic heterocycles. The van der Waals surface area contributed by atoms with Gasteiger partial charge in [0.05, 0.1) is 18.2 Å². The fraction of sp³-hybridized carbons (Fsp3) is 0.212. The van der Waals surface area contributed by atoms with E-state index in [2.05, 4.69) is 17.1 Å². The number of benzene rings is 3. The maximum atomic E-state index is 13.6. The first-order valence-corrected chi connectivity index (χ1v) is 16.6. The van der Waals surface area contributed by atoms with Gasteiger partial charge in [0.25, 0.3) is 5.91 Å². The lowest BCUT2D eigenvalue weighted by atomic mass is 9.95. The molecule has 4 aromatic rings. The van der Waals surface area contributed by atoms with Gasteiger partial charge in [-0.25, -0.2) is 0 Å². The monoisotopic (exact) mass is 665 g/mol. The maximum absolute atomic E-state index is 13.6. The van der Waals surface area contributed by atoms with Gasteiger partial charge in [-0.2, -0.15) is 0 Å². The molecule has 7 nitrogen and oxygen atoms in total. The smallest absolute Gasteiger partial charge is 0.296 e. The minimum Gasteiger partial charge on any atom is -0.503 e. The molecule has 0 aliphatic carbocycles. The summed E-state index contributed by atoms with van der Waals surface area (Å²) in [5.41, 5.74) is 2.28. The highest BCUT2D eigenvalue weighted by molar-refractivity contribution is 8.00. The summed E-state index contributed by atoms with van der Waals surface area (Å²) in [5, 5.41) is 21.0. The van der Waals surface area contributed by atoms with Gasteiger partial charge in [-0.3, -0.25) is 14.5 Å². The molecule has 2 heterocycles. The lowest BCUT2D eigenvalue weighted by Gasteiger charge is -2.24. The molecule has 0 bridgehead atoms. The molecule has 44 heavy (non-hydrogen) atoms. The number of amides is 1. The Kier molecular flexibility index (Phi) is 10.8. The highest BCUT2D eigenvalue weighted by Gasteiger charge is 2.45.